The van der Waals surface area contributed by atoms with Gasteiger partial charge in [-0.1, -0.05) is 35.9 Å². The van der Waals surface area contributed by atoms with E-state index in [0.29, 0.717) is 0 Å². The Hall–Kier alpha value is -3.41. The number of nitrogens with zero attached hydrogens (tertiary/aromatic N) is 3. The van der Waals surface area contributed by atoms with E-state index in [4.69, 9.17) is 4.74 Å². The first-order valence-electron chi connectivity index (χ1n) is 10.2. The van der Waals surface area contributed by atoms with Gasteiger partial charge in [-0.2, -0.15) is 0 Å². The molecule has 0 saturated carbocycles. The second-order valence-electron chi connectivity index (χ2n) is 7.62. The molecule has 0 unspecified atom stereocenters. The van der Waals surface area contributed by atoms with Gasteiger partial charge in [-0.05, 0) is 37.5 Å². The van der Waals surface area contributed by atoms with Gasteiger partial charge in [0.25, 0.3) is 0 Å². The zero-order valence-corrected chi connectivity index (χ0v) is 17.3. The SMILES string of the molecule is COc1cccc(NC(=O)C2CCN(c3ncc(-c4cccc(C)c4)cn3)CC2)c1. The second kappa shape index (κ2) is 8.95. The number of nitrogens with one attached hydrogen (secondary N) is 1. The van der Waals surface area contributed by atoms with Gasteiger partial charge in [-0.15, -0.1) is 0 Å². The van der Waals surface area contributed by atoms with E-state index >= 15 is 0 Å². The van der Waals surface area contributed by atoms with Crippen LogP contribution in [-0.2, 0) is 4.79 Å². The lowest BCUT2D eigenvalue weighted by molar-refractivity contribution is -0.120. The molecule has 1 aromatic heterocycles. The van der Waals surface area contributed by atoms with Crippen LogP contribution in [0, 0.1) is 12.8 Å². The van der Waals surface area contributed by atoms with Crippen LogP contribution >= 0.6 is 0 Å². The second-order valence-corrected chi connectivity index (χ2v) is 7.62. The Morgan fingerprint density at radius 2 is 1.77 bits per heavy atom. The van der Waals surface area contributed by atoms with Gasteiger partial charge in [0.05, 0.1) is 7.11 Å². The number of hydrogen-bond acceptors (Lipinski definition) is 5. The molecule has 1 aliphatic heterocycles. The summed E-state index contributed by atoms with van der Waals surface area (Å²) in [6.07, 6.45) is 5.30. The summed E-state index contributed by atoms with van der Waals surface area (Å²) in [5.74, 6) is 1.49. The van der Waals surface area contributed by atoms with Gasteiger partial charge < -0.3 is 15.0 Å². The lowest BCUT2D eigenvalue weighted by atomic mass is 9.96. The molecule has 154 valence electrons. The minimum Gasteiger partial charge on any atom is -0.497 e. The number of carbonyl (C=O) groups excluding carboxylic acids is 1. The Morgan fingerprint density at radius 1 is 1.03 bits per heavy atom. The predicted molar refractivity (Wildman–Crippen MR) is 119 cm³/mol. The number of aromatic nitrogens is 2. The fourth-order valence-electron chi connectivity index (χ4n) is 3.75. The third kappa shape index (κ3) is 4.59. The molecule has 0 bridgehead atoms. The highest BCUT2D eigenvalue weighted by molar-refractivity contribution is 5.92. The Balaban J connectivity index is 1.34. The number of benzene rings is 2. The molecule has 2 heterocycles. The number of methoxy groups -OCH3 is 1. The summed E-state index contributed by atoms with van der Waals surface area (Å²) in [6, 6.07) is 15.7. The summed E-state index contributed by atoms with van der Waals surface area (Å²) in [6.45, 7) is 3.60. The number of amides is 1. The Kier molecular flexibility index (Phi) is 5.93. The van der Waals surface area contributed by atoms with Gasteiger partial charge >= 0.3 is 0 Å². The van der Waals surface area contributed by atoms with E-state index in [0.717, 1.165) is 54.4 Å². The Morgan fingerprint density at radius 3 is 2.47 bits per heavy atom. The van der Waals surface area contributed by atoms with Crippen LogP contribution in [0.2, 0.25) is 0 Å². The lowest BCUT2D eigenvalue weighted by Crippen LogP contribution is -2.39. The quantitative estimate of drug-likeness (QED) is 0.689. The van der Waals surface area contributed by atoms with Crippen LogP contribution in [0.15, 0.2) is 60.9 Å². The van der Waals surface area contributed by atoms with Crippen molar-refractivity contribution in [2.75, 3.05) is 30.4 Å². The maximum absolute atomic E-state index is 12.6. The van der Waals surface area contributed by atoms with Gasteiger partial charge in [0, 0.05) is 48.7 Å². The summed E-state index contributed by atoms with van der Waals surface area (Å²) in [4.78, 5) is 23.9. The molecular formula is C24H26N4O2. The van der Waals surface area contributed by atoms with Gasteiger partial charge in [-0.3, -0.25) is 4.79 Å². The molecule has 6 heteroatoms. The molecule has 1 amide bonds. The Bertz CT molecular complexity index is 1010. The first-order valence-corrected chi connectivity index (χ1v) is 10.2. The molecule has 1 saturated heterocycles. The number of piperidine rings is 1. The van der Waals surface area contributed by atoms with Crippen molar-refractivity contribution in [1.82, 2.24) is 9.97 Å². The number of hydrogen-bond donors (Lipinski definition) is 1. The Labute approximate surface area is 176 Å². The topological polar surface area (TPSA) is 67.3 Å². The van der Waals surface area contributed by atoms with Crippen molar-refractivity contribution in [3.8, 4) is 16.9 Å². The van der Waals surface area contributed by atoms with E-state index in [2.05, 4.69) is 45.3 Å². The van der Waals surface area contributed by atoms with E-state index in [-0.39, 0.29) is 11.8 Å². The number of aryl methyl sites for hydroxylation is 1. The van der Waals surface area contributed by atoms with Crippen molar-refractivity contribution < 1.29 is 9.53 Å². The van der Waals surface area contributed by atoms with E-state index in [1.54, 1.807) is 7.11 Å². The van der Waals surface area contributed by atoms with Crippen molar-refractivity contribution in [2.45, 2.75) is 19.8 Å². The molecule has 6 nitrogen and oxygen atoms in total. The van der Waals surface area contributed by atoms with Crippen LogP contribution in [0.5, 0.6) is 5.75 Å². The monoisotopic (exact) mass is 402 g/mol. The van der Waals surface area contributed by atoms with Gasteiger partial charge in [0.2, 0.25) is 11.9 Å². The van der Waals surface area contributed by atoms with E-state index in [1.165, 1.54) is 5.56 Å². The van der Waals surface area contributed by atoms with Crippen LogP contribution in [0.3, 0.4) is 0 Å². The molecule has 1 N–H and O–H groups in total. The number of carbonyl (C=O) groups is 1. The molecular weight excluding hydrogens is 376 g/mol. The van der Waals surface area contributed by atoms with Crippen LogP contribution in [0.25, 0.3) is 11.1 Å². The average Bonchev–Trinajstić information content (AvgIpc) is 2.79. The molecule has 4 rings (SSSR count). The highest BCUT2D eigenvalue weighted by Gasteiger charge is 2.26. The molecule has 0 atom stereocenters. The normalized spacial score (nSPS) is 14.4. The first kappa shape index (κ1) is 19.9. The molecule has 0 aliphatic carbocycles. The lowest BCUT2D eigenvalue weighted by Gasteiger charge is -2.31. The van der Waals surface area contributed by atoms with Crippen LogP contribution in [-0.4, -0.2) is 36.1 Å². The number of rotatable bonds is 5. The first-order chi connectivity index (χ1) is 14.6. The smallest absolute Gasteiger partial charge is 0.227 e. The predicted octanol–water partition coefficient (Wildman–Crippen LogP) is 4.32. The average molecular weight is 402 g/mol. The molecule has 2 aromatic carbocycles. The molecule has 30 heavy (non-hydrogen) atoms. The maximum atomic E-state index is 12.6. The minimum absolute atomic E-state index is 0.0148. The summed E-state index contributed by atoms with van der Waals surface area (Å²) < 4.78 is 5.22. The highest BCUT2D eigenvalue weighted by Crippen LogP contribution is 2.25. The summed E-state index contributed by atoms with van der Waals surface area (Å²) in [5, 5.41) is 3.00. The summed E-state index contributed by atoms with van der Waals surface area (Å²) in [5.41, 5.74) is 4.10. The molecule has 1 fully saturated rings. The fourth-order valence-corrected chi connectivity index (χ4v) is 3.75. The van der Waals surface area contributed by atoms with Crippen molar-refractivity contribution in [2.24, 2.45) is 5.92 Å². The van der Waals surface area contributed by atoms with Crippen molar-refractivity contribution in [1.29, 1.82) is 0 Å². The van der Waals surface area contributed by atoms with E-state index in [9.17, 15) is 4.79 Å². The summed E-state index contributed by atoms with van der Waals surface area (Å²) in [7, 11) is 1.62. The minimum atomic E-state index is -0.0148. The van der Waals surface area contributed by atoms with Gasteiger partial charge in [0.1, 0.15) is 5.75 Å². The van der Waals surface area contributed by atoms with Gasteiger partial charge in [0.15, 0.2) is 0 Å². The van der Waals surface area contributed by atoms with Crippen LogP contribution in [0.1, 0.15) is 18.4 Å². The van der Waals surface area contributed by atoms with Gasteiger partial charge in [-0.25, -0.2) is 9.97 Å². The van der Waals surface area contributed by atoms with E-state index < -0.39 is 0 Å². The molecule has 0 spiro atoms. The van der Waals surface area contributed by atoms with Crippen LogP contribution < -0.4 is 15.0 Å². The van der Waals surface area contributed by atoms with Crippen LogP contribution in [0.4, 0.5) is 11.6 Å². The van der Waals surface area contributed by atoms with Crippen molar-refractivity contribution in [3.05, 3.63) is 66.5 Å². The highest BCUT2D eigenvalue weighted by atomic mass is 16.5. The standard InChI is InChI=1S/C24H26N4O2/c1-17-5-3-6-19(13-17)20-15-25-24(26-16-20)28-11-9-18(10-12-28)23(29)27-21-7-4-8-22(14-21)30-2/h3-8,13-16,18H,9-12H2,1-2H3,(H,27,29). The number of anilines is 2. The molecule has 3 aromatic rings. The third-order valence-electron chi connectivity index (χ3n) is 5.48. The number of ether oxygens (including phenoxy) is 1. The molecule has 0 radical (unpaired) electrons. The zero-order valence-electron chi connectivity index (χ0n) is 17.3. The third-order valence-corrected chi connectivity index (χ3v) is 5.48. The maximum Gasteiger partial charge on any atom is 0.227 e. The van der Waals surface area contributed by atoms with E-state index in [1.807, 2.05) is 42.7 Å². The molecule has 1 aliphatic rings. The zero-order chi connectivity index (χ0) is 20.9. The van der Waals surface area contributed by atoms with Crippen molar-refractivity contribution >= 4 is 17.5 Å². The fraction of sp³-hybridized carbons (Fsp3) is 0.292. The summed E-state index contributed by atoms with van der Waals surface area (Å²) >= 11 is 0. The largest absolute Gasteiger partial charge is 0.497 e. The van der Waals surface area contributed by atoms with Crippen molar-refractivity contribution in [3.63, 3.8) is 0 Å².